The number of aromatic amines is 1. The number of likely N-dealkylation sites (tertiary alicyclic amines) is 1. The number of hydrogen-bond donors (Lipinski definition) is 5. The summed E-state index contributed by atoms with van der Waals surface area (Å²) in [5.41, 5.74) is 12.5. The molecule has 1 fully saturated rings. The Morgan fingerprint density at radius 3 is 2.70 bits per heavy atom. The van der Waals surface area contributed by atoms with Gasteiger partial charge < -0.3 is 31.8 Å². The maximum atomic E-state index is 13.2. The molecule has 30 heavy (non-hydrogen) atoms. The van der Waals surface area contributed by atoms with E-state index in [2.05, 4.69) is 10.3 Å². The molecular weight excluding hydrogens is 390 g/mol. The highest BCUT2D eigenvalue weighted by molar-refractivity contribution is 5.94. The quantitative estimate of drug-likeness (QED) is 0.388. The van der Waals surface area contributed by atoms with E-state index in [1.807, 2.05) is 24.3 Å². The van der Waals surface area contributed by atoms with Gasteiger partial charge in [0.25, 0.3) is 0 Å². The van der Waals surface area contributed by atoms with Gasteiger partial charge in [-0.3, -0.25) is 14.4 Å². The van der Waals surface area contributed by atoms with Crippen molar-refractivity contribution in [3.8, 4) is 0 Å². The summed E-state index contributed by atoms with van der Waals surface area (Å²) in [6, 6.07) is 4.34. The fraction of sp³-hybridized carbons (Fsp3) is 0.400. The molecule has 0 unspecified atom stereocenters. The smallest absolute Gasteiger partial charge is 0.326 e. The normalized spacial score (nSPS) is 18.2. The first-order chi connectivity index (χ1) is 14.3. The molecule has 0 bridgehead atoms. The van der Waals surface area contributed by atoms with Crippen molar-refractivity contribution in [1.82, 2.24) is 15.2 Å². The van der Waals surface area contributed by atoms with Gasteiger partial charge >= 0.3 is 5.97 Å². The van der Waals surface area contributed by atoms with E-state index in [0.717, 1.165) is 16.5 Å². The zero-order valence-electron chi connectivity index (χ0n) is 16.3. The molecule has 2 heterocycles. The molecule has 1 saturated heterocycles. The van der Waals surface area contributed by atoms with E-state index in [-0.39, 0.29) is 12.8 Å². The molecule has 1 aromatic heterocycles. The van der Waals surface area contributed by atoms with E-state index in [0.29, 0.717) is 19.4 Å². The lowest BCUT2D eigenvalue weighted by atomic mass is 10.0. The summed E-state index contributed by atoms with van der Waals surface area (Å²) >= 11 is 0. The van der Waals surface area contributed by atoms with Crippen LogP contribution in [0.4, 0.5) is 0 Å². The van der Waals surface area contributed by atoms with Gasteiger partial charge in [-0.25, -0.2) is 4.79 Å². The van der Waals surface area contributed by atoms with Crippen LogP contribution >= 0.6 is 0 Å². The number of carboxylic acids is 1. The van der Waals surface area contributed by atoms with Gasteiger partial charge in [0.15, 0.2) is 0 Å². The lowest BCUT2D eigenvalue weighted by molar-refractivity contribution is -0.149. The summed E-state index contributed by atoms with van der Waals surface area (Å²) < 4.78 is 0. The second-order valence-electron chi connectivity index (χ2n) is 7.43. The van der Waals surface area contributed by atoms with Crippen LogP contribution in [0.5, 0.6) is 0 Å². The number of carboxylic acid groups (broad SMARTS) is 1. The number of aromatic nitrogens is 1. The number of carbonyl (C=O) groups excluding carboxylic acids is 3. The van der Waals surface area contributed by atoms with E-state index >= 15 is 0 Å². The van der Waals surface area contributed by atoms with Gasteiger partial charge in [-0.15, -0.1) is 0 Å². The third-order valence-electron chi connectivity index (χ3n) is 5.29. The van der Waals surface area contributed by atoms with Gasteiger partial charge in [0.05, 0.1) is 12.5 Å². The summed E-state index contributed by atoms with van der Waals surface area (Å²) in [6.07, 6.45) is 2.45. The van der Waals surface area contributed by atoms with E-state index < -0.39 is 41.8 Å². The molecule has 3 rings (SSSR count). The van der Waals surface area contributed by atoms with Crippen LogP contribution in [0.3, 0.4) is 0 Å². The predicted octanol–water partition coefficient (Wildman–Crippen LogP) is -0.526. The molecular formula is C20H25N5O5. The average Bonchev–Trinajstić information content (AvgIpc) is 3.34. The number of nitrogens with one attached hydrogen (secondary N) is 2. The van der Waals surface area contributed by atoms with Gasteiger partial charge in [0.1, 0.15) is 12.1 Å². The second-order valence-corrected chi connectivity index (χ2v) is 7.43. The average molecular weight is 415 g/mol. The summed E-state index contributed by atoms with van der Waals surface area (Å²) in [6.45, 7) is 0.295. The minimum absolute atomic E-state index is 0.140. The third-order valence-corrected chi connectivity index (χ3v) is 5.29. The van der Waals surface area contributed by atoms with E-state index in [4.69, 9.17) is 11.5 Å². The molecule has 3 atom stereocenters. The van der Waals surface area contributed by atoms with E-state index in [9.17, 15) is 24.3 Å². The Kier molecular flexibility index (Phi) is 6.36. The first-order valence-corrected chi connectivity index (χ1v) is 9.70. The number of fused-ring (bicyclic) bond motifs is 1. The van der Waals surface area contributed by atoms with Crippen molar-refractivity contribution < 1.29 is 24.3 Å². The molecule has 160 valence electrons. The van der Waals surface area contributed by atoms with Crippen molar-refractivity contribution >= 4 is 34.6 Å². The molecule has 0 aliphatic carbocycles. The zero-order chi connectivity index (χ0) is 21.8. The highest BCUT2D eigenvalue weighted by Crippen LogP contribution is 2.22. The molecule has 2 aromatic rings. The topological polar surface area (TPSA) is 172 Å². The fourth-order valence-electron chi connectivity index (χ4n) is 3.80. The molecule has 1 aromatic carbocycles. The molecule has 0 spiro atoms. The van der Waals surface area contributed by atoms with Crippen LogP contribution in [0.15, 0.2) is 30.5 Å². The van der Waals surface area contributed by atoms with Crippen LogP contribution in [0, 0.1) is 0 Å². The SMILES string of the molecule is NC(=O)C[C@H](N)C(=O)N[C@@H](Cc1c[nH]c2ccccc12)C(=O)N1CCC[C@@H]1C(=O)O. The number of aliphatic carboxylic acids is 1. The van der Waals surface area contributed by atoms with Crippen molar-refractivity contribution in [2.24, 2.45) is 11.5 Å². The van der Waals surface area contributed by atoms with Crippen LogP contribution in [-0.4, -0.2) is 63.4 Å². The van der Waals surface area contributed by atoms with Crippen LogP contribution in [0.1, 0.15) is 24.8 Å². The molecule has 1 aliphatic heterocycles. The lowest BCUT2D eigenvalue weighted by Gasteiger charge is -2.28. The minimum Gasteiger partial charge on any atom is -0.480 e. The fourth-order valence-corrected chi connectivity index (χ4v) is 3.80. The number of hydrogen-bond acceptors (Lipinski definition) is 5. The van der Waals surface area contributed by atoms with Crippen molar-refractivity contribution in [3.63, 3.8) is 0 Å². The number of para-hydroxylation sites is 1. The minimum atomic E-state index is -1.20. The van der Waals surface area contributed by atoms with Gasteiger partial charge in [-0.2, -0.15) is 0 Å². The number of nitrogens with two attached hydrogens (primary N) is 2. The Morgan fingerprint density at radius 2 is 2.00 bits per heavy atom. The molecule has 0 saturated carbocycles. The molecule has 1 aliphatic rings. The zero-order valence-corrected chi connectivity index (χ0v) is 16.3. The first kappa shape index (κ1) is 21.3. The molecule has 10 nitrogen and oxygen atoms in total. The maximum absolute atomic E-state index is 13.2. The van der Waals surface area contributed by atoms with Crippen molar-refractivity contribution in [2.45, 2.75) is 43.8 Å². The van der Waals surface area contributed by atoms with Gasteiger partial charge in [0, 0.05) is 30.1 Å². The van der Waals surface area contributed by atoms with E-state index in [1.54, 1.807) is 6.20 Å². The highest BCUT2D eigenvalue weighted by atomic mass is 16.4. The van der Waals surface area contributed by atoms with Crippen LogP contribution in [-0.2, 0) is 25.6 Å². The Balaban J connectivity index is 1.86. The number of rotatable bonds is 8. The number of carbonyl (C=O) groups is 4. The number of primary amides is 1. The Labute approximate surface area is 172 Å². The predicted molar refractivity (Wildman–Crippen MR) is 108 cm³/mol. The van der Waals surface area contributed by atoms with Gasteiger partial charge in [-0.1, -0.05) is 18.2 Å². The van der Waals surface area contributed by atoms with Crippen LogP contribution in [0.25, 0.3) is 10.9 Å². The van der Waals surface area contributed by atoms with Crippen molar-refractivity contribution in [3.05, 3.63) is 36.0 Å². The molecule has 0 radical (unpaired) electrons. The number of amides is 3. The molecule has 10 heteroatoms. The monoisotopic (exact) mass is 415 g/mol. The number of benzene rings is 1. The largest absolute Gasteiger partial charge is 0.480 e. The third kappa shape index (κ3) is 4.60. The van der Waals surface area contributed by atoms with Crippen LogP contribution in [0.2, 0.25) is 0 Å². The number of nitrogens with zero attached hydrogens (tertiary/aromatic N) is 1. The standard InChI is InChI=1S/C20H25N5O5/c21-13(9-17(22)26)18(27)24-15(19(28)25-7-3-6-16(25)20(29)30)8-11-10-23-14-5-2-1-4-12(11)14/h1-2,4-5,10,13,15-16,23H,3,6-9,21H2,(H2,22,26)(H,24,27)(H,29,30)/t13-,15-,16+/m0/s1. The Morgan fingerprint density at radius 1 is 1.27 bits per heavy atom. The summed E-state index contributed by atoms with van der Waals surface area (Å²) in [5.74, 6) is -3.01. The lowest BCUT2D eigenvalue weighted by Crippen LogP contribution is -2.55. The highest BCUT2D eigenvalue weighted by Gasteiger charge is 2.38. The van der Waals surface area contributed by atoms with Gasteiger partial charge in [-0.05, 0) is 24.5 Å². The maximum Gasteiger partial charge on any atom is 0.326 e. The Bertz CT molecular complexity index is 971. The summed E-state index contributed by atoms with van der Waals surface area (Å²) in [7, 11) is 0. The van der Waals surface area contributed by atoms with Crippen molar-refractivity contribution in [1.29, 1.82) is 0 Å². The molecule has 3 amide bonds. The Hall–Kier alpha value is -3.40. The molecule has 7 N–H and O–H groups in total. The van der Waals surface area contributed by atoms with E-state index in [1.165, 1.54) is 4.90 Å². The van der Waals surface area contributed by atoms with Crippen molar-refractivity contribution in [2.75, 3.05) is 6.54 Å². The van der Waals surface area contributed by atoms with Gasteiger partial charge in [0.2, 0.25) is 17.7 Å². The summed E-state index contributed by atoms with van der Waals surface area (Å²) in [5, 5.41) is 12.9. The number of H-pyrrole nitrogens is 1. The summed E-state index contributed by atoms with van der Waals surface area (Å²) in [4.78, 5) is 52.7. The van der Waals surface area contributed by atoms with Crippen LogP contribution < -0.4 is 16.8 Å². The second kappa shape index (κ2) is 8.95. The first-order valence-electron chi connectivity index (χ1n) is 9.70.